The average Bonchev–Trinajstić information content (AvgIpc) is 3.01. The number of fused-ring (bicyclic) bond motifs is 1. The Bertz CT molecular complexity index is 716. The molecule has 2 aromatic rings. The van der Waals surface area contributed by atoms with Crippen LogP contribution in [0.1, 0.15) is 33.3 Å². The van der Waals surface area contributed by atoms with Crippen LogP contribution in [0.4, 0.5) is 0 Å². The molecule has 0 radical (unpaired) electrons. The Labute approximate surface area is 120 Å². The number of furan rings is 1. The van der Waals surface area contributed by atoms with Crippen molar-refractivity contribution in [1.29, 1.82) is 0 Å². The van der Waals surface area contributed by atoms with Gasteiger partial charge in [-0.3, -0.25) is 4.79 Å². The number of carbonyl (C=O) groups is 2. The molecule has 110 valence electrons. The smallest absolute Gasteiger partial charge is 0.326 e. The first-order valence-corrected chi connectivity index (χ1v) is 6.59. The van der Waals surface area contributed by atoms with Crippen LogP contribution in [0.3, 0.4) is 0 Å². The van der Waals surface area contributed by atoms with E-state index in [4.69, 9.17) is 4.42 Å². The molecule has 2 aromatic heterocycles. The maximum Gasteiger partial charge on any atom is 0.326 e. The van der Waals surface area contributed by atoms with E-state index in [0.717, 1.165) is 5.69 Å². The van der Waals surface area contributed by atoms with Gasteiger partial charge < -0.3 is 19.4 Å². The summed E-state index contributed by atoms with van der Waals surface area (Å²) in [5.41, 5.74) is 1.88. The number of nitrogens with zero attached hydrogens (tertiary/aromatic N) is 2. The summed E-state index contributed by atoms with van der Waals surface area (Å²) in [5, 5.41) is 9.39. The first-order valence-electron chi connectivity index (χ1n) is 6.59. The Morgan fingerprint density at radius 1 is 1.48 bits per heavy atom. The summed E-state index contributed by atoms with van der Waals surface area (Å²) in [5.74, 6) is -0.245. The summed E-state index contributed by atoms with van der Waals surface area (Å²) >= 11 is 0. The number of aromatic amines is 1. The van der Waals surface area contributed by atoms with Gasteiger partial charge in [0.1, 0.15) is 17.6 Å². The minimum atomic E-state index is -1.03. The fraction of sp³-hybridized carbons (Fsp3) is 0.357. The number of aliphatic carboxylic acids is 1. The molecule has 2 N–H and O–H groups in total. The highest BCUT2D eigenvalue weighted by Crippen LogP contribution is 2.25. The van der Waals surface area contributed by atoms with Gasteiger partial charge in [-0.1, -0.05) is 0 Å². The Morgan fingerprint density at radius 3 is 2.86 bits per heavy atom. The lowest BCUT2D eigenvalue weighted by Crippen LogP contribution is -2.48. The molecule has 3 rings (SSSR count). The van der Waals surface area contributed by atoms with Crippen molar-refractivity contribution in [2.75, 3.05) is 0 Å². The van der Waals surface area contributed by atoms with Gasteiger partial charge >= 0.3 is 5.97 Å². The van der Waals surface area contributed by atoms with Crippen molar-refractivity contribution in [2.45, 2.75) is 32.9 Å². The van der Waals surface area contributed by atoms with Gasteiger partial charge in [-0.25, -0.2) is 9.78 Å². The molecule has 0 fully saturated rings. The number of aromatic nitrogens is 2. The number of hydrogen-bond acceptors (Lipinski definition) is 4. The van der Waals surface area contributed by atoms with E-state index >= 15 is 0 Å². The molecule has 0 bridgehead atoms. The molecule has 1 aliphatic rings. The summed E-state index contributed by atoms with van der Waals surface area (Å²) in [7, 11) is 0. The van der Waals surface area contributed by atoms with Gasteiger partial charge in [0.2, 0.25) is 0 Å². The van der Waals surface area contributed by atoms with E-state index in [1.807, 2.05) is 0 Å². The van der Waals surface area contributed by atoms with Crippen LogP contribution >= 0.6 is 0 Å². The lowest BCUT2D eigenvalue weighted by atomic mass is 10.0. The largest absolute Gasteiger partial charge is 0.480 e. The highest BCUT2D eigenvalue weighted by atomic mass is 16.4. The van der Waals surface area contributed by atoms with Gasteiger partial charge in [0.05, 0.1) is 29.8 Å². The first-order chi connectivity index (χ1) is 9.97. The summed E-state index contributed by atoms with van der Waals surface area (Å²) in [6.45, 7) is 3.65. The molecule has 0 aliphatic carbocycles. The zero-order valence-corrected chi connectivity index (χ0v) is 11.7. The second-order valence-electron chi connectivity index (χ2n) is 5.15. The van der Waals surface area contributed by atoms with Crippen molar-refractivity contribution in [2.24, 2.45) is 0 Å². The number of imidazole rings is 1. The maximum absolute atomic E-state index is 12.6. The lowest BCUT2D eigenvalue weighted by molar-refractivity contribution is -0.142. The predicted molar refractivity (Wildman–Crippen MR) is 71.8 cm³/mol. The third-order valence-electron chi connectivity index (χ3n) is 3.72. The van der Waals surface area contributed by atoms with E-state index < -0.39 is 12.0 Å². The topological polar surface area (TPSA) is 99.4 Å². The van der Waals surface area contributed by atoms with Crippen molar-refractivity contribution in [1.82, 2.24) is 14.9 Å². The number of H-pyrrole nitrogens is 1. The standard InChI is InChI=1S/C14H15N3O4/c1-7-3-9(8(2)21-7)13(18)17-5-11-10(15-6-16-11)4-12(17)14(19)20/h3,6,12H,4-5H2,1-2H3,(H,15,16)(H,19,20)/t12-/m0/s1. The summed E-state index contributed by atoms with van der Waals surface area (Å²) < 4.78 is 5.36. The third-order valence-corrected chi connectivity index (χ3v) is 3.72. The van der Waals surface area contributed by atoms with E-state index in [2.05, 4.69) is 9.97 Å². The van der Waals surface area contributed by atoms with Crippen molar-refractivity contribution in [3.05, 3.63) is 40.9 Å². The molecule has 0 spiro atoms. The van der Waals surface area contributed by atoms with Gasteiger partial charge in [-0.05, 0) is 19.9 Å². The molecule has 0 saturated heterocycles. The minimum Gasteiger partial charge on any atom is -0.480 e. The molecule has 7 nitrogen and oxygen atoms in total. The Hall–Kier alpha value is -2.57. The molecule has 0 aromatic carbocycles. The van der Waals surface area contributed by atoms with Gasteiger partial charge in [0.15, 0.2) is 0 Å². The molecule has 1 aliphatic heterocycles. The highest BCUT2D eigenvalue weighted by Gasteiger charge is 2.37. The van der Waals surface area contributed by atoms with Crippen molar-refractivity contribution in [3.63, 3.8) is 0 Å². The highest BCUT2D eigenvalue weighted by molar-refractivity contribution is 5.97. The second kappa shape index (κ2) is 4.76. The van der Waals surface area contributed by atoms with Crippen LogP contribution in [0.25, 0.3) is 0 Å². The Kier molecular flexibility index (Phi) is 3.04. The van der Waals surface area contributed by atoms with E-state index in [1.54, 1.807) is 19.9 Å². The zero-order chi connectivity index (χ0) is 15.1. The third kappa shape index (κ3) is 2.20. The van der Waals surface area contributed by atoms with Crippen LogP contribution in [0.15, 0.2) is 16.8 Å². The molecule has 7 heteroatoms. The van der Waals surface area contributed by atoms with Crippen LogP contribution in [0, 0.1) is 13.8 Å². The first kappa shape index (κ1) is 13.4. The average molecular weight is 289 g/mol. The molecular weight excluding hydrogens is 274 g/mol. The van der Waals surface area contributed by atoms with Gasteiger partial charge in [-0.2, -0.15) is 0 Å². The van der Waals surface area contributed by atoms with E-state index in [9.17, 15) is 14.7 Å². The molecule has 1 atom stereocenters. The second-order valence-corrected chi connectivity index (χ2v) is 5.15. The zero-order valence-electron chi connectivity index (χ0n) is 11.7. The summed E-state index contributed by atoms with van der Waals surface area (Å²) in [6, 6.07) is 0.724. The number of rotatable bonds is 2. The van der Waals surface area contributed by atoms with E-state index in [0.29, 0.717) is 22.8 Å². The number of carboxylic acids is 1. The maximum atomic E-state index is 12.6. The van der Waals surface area contributed by atoms with Crippen LogP contribution in [0.5, 0.6) is 0 Å². The summed E-state index contributed by atoms with van der Waals surface area (Å²) in [4.78, 5) is 32.5. The number of carbonyl (C=O) groups excluding carboxylic acids is 1. The van der Waals surface area contributed by atoms with Crippen LogP contribution < -0.4 is 0 Å². The Balaban J connectivity index is 1.97. The minimum absolute atomic E-state index is 0.203. The molecule has 21 heavy (non-hydrogen) atoms. The fourth-order valence-corrected chi connectivity index (χ4v) is 2.67. The number of amides is 1. The SMILES string of the molecule is Cc1cc(C(=O)N2Cc3[nH]cnc3C[C@H]2C(=O)O)c(C)o1. The molecule has 0 saturated carbocycles. The number of hydrogen-bond donors (Lipinski definition) is 2. The van der Waals surface area contributed by atoms with E-state index in [1.165, 1.54) is 11.2 Å². The molecular formula is C14H15N3O4. The molecule has 3 heterocycles. The van der Waals surface area contributed by atoms with E-state index in [-0.39, 0.29) is 18.9 Å². The van der Waals surface area contributed by atoms with Gasteiger partial charge in [0.25, 0.3) is 5.91 Å². The number of aryl methyl sites for hydroxylation is 2. The Morgan fingerprint density at radius 2 is 2.24 bits per heavy atom. The van der Waals surface area contributed by atoms with Gasteiger partial charge in [0, 0.05) is 6.42 Å². The lowest BCUT2D eigenvalue weighted by Gasteiger charge is -2.32. The number of carboxylic acid groups (broad SMARTS) is 1. The van der Waals surface area contributed by atoms with Crippen molar-refractivity contribution >= 4 is 11.9 Å². The van der Waals surface area contributed by atoms with Crippen molar-refractivity contribution < 1.29 is 19.1 Å². The fourth-order valence-electron chi connectivity index (χ4n) is 2.67. The predicted octanol–water partition coefficient (Wildman–Crippen LogP) is 1.27. The van der Waals surface area contributed by atoms with Crippen molar-refractivity contribution in [3.8, 4) is 0 Å². The monoisotopic (exact) mass is 289 g/mol. The molecule has 1 amide bonds. The van der Waals surface area contributed by atoms with Crippen LogP contribution in [-0.4, -0.2) is 37.9 Å². The molecule has 0 unspecified atom stereocenters. The van der Waals surface area contributed by atoms with Crippen LogP contribution in [0.2, 0.25) is 0 Å². The number of nitrogens with one attached hydrogen (secondary N) is 1. The quantitative estimate of drug-likeness (QED) is 0.867. The normalized spacial score (nSPS) is 17.6. The van der Waals surface area contributed by atoms with Gasteiger partial charge in [-0.15, -0.1) is 0 Å². The van der Waals surface area contributed by atoms with Crippen LogP contribution in [-0.2, 0) is 17.8 Å². The summed E-state index contributed by atoms with van der Waals surface area (Å²) in [6.07, 6.45) is 1.72.